The van der Waals surface area contributed by atoms with Crippen LogP contribution in [0.25, 0.3) is 0 Å². The Labute approximate surface area is 128 Å². The minimum absolute atomic E-state index is 0.105. The van der Waals surface area contributed by atoms with Gasteiger partial charge in [-0.2, -0.15) is 5.26 Å². The van der Waals surface area contributed by atoms with Crippen molar-refractivity contribution in [1.82, 2.24) is 0 Å². The highest BCUT2D eigenvalue weighted by molar-refractivity contribution is 5.62. The molecule has 2 aromatic rings. The maximum Gasteiger partial charge on any atom is 0.270 e. The van der Waals surface area contributed by atoms with Crippen molar-refractivity contribution in [3.8, 4) is 11.8 Å². The Kier molecular flexibility index (Phi) is 4.59. The fraction of sp³-hybridized carbons (Fsp3) is 0.188. The van der Waals surface area contributed by atoms with Gasteiger partial charge in [-0.15, -0.1) is 0 Å². The molecule has 0 radical (unpaired) electrons. The van der Waals surface area contributed by atoms with Gasteiger partial charge in [0.15, 0.2) is 0 Å². The molecule has 0 aromatic heterocycles. The highest BCUT2D eigenvalue weighted by Gasteiger charge is 2.15. The number of rotatable bonds is 5. The summed E-state index contributed by atoms with van der Waals surface area (Å²) in [6.07, 6.45) is 0. The third-order valence-electron chi connectivity index (χ3n) is 3.31. The van der Waals surface area contributed by atoms with Crippen LogP contribution in [0.1, 0.15) is 24.1 Å². The van der Waals surface area contributed by atoms with E-state index in [9.17, 15) is 15.4 Å². The summed E-state index contributed by atoms with van der Waals surface area (Å²) < 4.78 is 5.32. The monoisotopic (exact) mass is 297 g/mol. The molecule has 0 aliphatic carbocycles. The van der Waals surface area contributed by atoms with Crippen LogP contribution in [0.5, 0.6) is 5.75 Å². The summed E-state index contributed by atoms with van der Waals surface area (Å²) in [5, 5.41) is 23.1. The summed E-state index contributed by atoms with van der Waals surface area (Å²) in [7, 11) is 1.60. The van der Waals surface area contributed by atoms with E-state index in [1.165, 1.54) is 12.1 Å². The predicted molar refractivity (Wildman–Crippen MR) is 82.8 cm³/mol. The van der Waals surface area contributed by atoms with E-state index >= 15 is 0 Å². The molecule has 0 bridgehead atoms. The van der Waals surface area contributed by atoms with Crippen molar-refractivity contribution >= 4 is 11.4 Å². The lowest BCUT2D eigenvalue weighted by Crippen LogP contribution is -2.09. The number of methoxy groups -OCH3 is 1. The highest BCUT2D eigenvalue weighted by Crippen LogP contribution is 2.29. The molecule has 6 heteroatoms. The van der Waals surface area contributed by atoms with Crippen molar-refractivity contribution in [3.05, 3.63) is 63.7 Å². The lowest BCUT2D eigenvalue weighted by Gasteiger charge is -2.19. The van der Waals surface area contributed by atoms with E-state index in [2.05, 4.69) is 5.32 Å². The number of nitro groups is 1. The van der Waals surface area contributed by atoms with Crippen molar-refractivity contribution in [2.45, 2.75) is 13.0 Å². The minimum Gasteiger partial charge on any atom is -0.496 e. The van der Waals surface area contributed by atoms with E-state index in [-0.39, 0.29) is 17.3 Å². The lowest BCUT2D eigenvalue weighted by molar-refractivity contribution is -0.384. The van der Waals surface area contributed by atoms with Gasteiger partial charge in [0.2, 0.25) is 0 Å². The molecule has 0 fully saturated rings. The third-order valence-corrected chi connectivity index (χ3v) is 3.31. The molecule has 1 atom stereocenters. The molecule has 0 spiro atoms. The van der Waals surface area contributed by atoms with Crippen molar-refractivity contribution in [1.29, 1.82) is 5.26 Å². The minimum atomic E-state index is -0.520. The largest absolute Gasteiger partial charge is 0.496 e. The zero-order valence-electron chi connectivity index (χ0n) is 12.2. The topological polar surface area (TPSA) is 88.2 Å². The third kappa shape index (κ3) is 3.15. The summed E-state index contributed by atoms with van der Waals surface area (Å²) in [4.78, 5) is 10.2. The first-order valence-corrected chi connectivity index (χ1v) is 6.64. The molecule has 0 saturated carbocycles. The molecule has 0 heterocycles. The van der Waals surface area contributed by atoms with Gasteiger partial charge in [-0.3, -0.25) is 10.1 Å². The number of benzene rings is 2. The van der Waals surface area contributed by atoms with E-state index in [0.29, 0.717) is 5.69 Å². The SMILES string of the molecule is COc1ccccc1[C@@H](C)Nc1ccc([N+](=O)[O-])cc1C#N. The van der Waals surface area contributed by atoms with Gasteiger partial charge in [-0.1, -0.05) is 18.2 Å². The number of nitriles is 1. The fourth-order valence-corrected chi connectivity index (χ4v) is 2.20. The predicted octanol–water partition coefficient (Wildman–Crippen LogP) is 3.65. The number of anilines is 1. The smallest absolute Gasteiger partial charge is 0.270 e. The number of para-hydroxylation sites is 1. The van der Waals surface area contributed by atoms with Crippen LogP contribution in [0, 0.1) is 21.4 Å². The zero-order chi connectivity index (χ0) is 16.1. The van der Waals surface area contributed by atoms with Gasteiger partial charge in [0.1, 0.15) is 11.8 Å². The molecular weight excluding hydrogens is 282 g/mol. The average molecular weight is 297 g/mol. The summed E-state index contributed by atoms with van der Waals surface area (Å²) >= 11 is 0. The Balaban J connectivity index is 2.30. The van der Waals surface area contributed by atoms with Crippen LogP contribution < -0.4 is 10.1 Å². The van der Waals surface area contributed by atoms with Crippen molar-refractivity contribution in [2.75, 3.05) is 12.4 Å². The fourth-order valence-electron chi connectivity index (χ4n) is 2.20. The van der Waals surface area contributed by atoms with Crippen LogP contribution in [0.2, 0.25) is 0 Å². The number of hydrogen-bond donors (Lipinski definition) is 1. The normalized spacial score (nSPS) is 11.3. The standard InChI is InChI=1S/C16H15N3O3/c1-11(14-5-3-4-6-16(14)22-2)18-15-8-7-13(19(20)21)9-12(15)10-17/h3-9,11,18H,1-2H3/t11-/m1/s1. The first-order valence-electron chi connectivity index (χ1n) is 6.64. The molecular formula is C16H15N3O3. The molecule has 2 rings (SSSR count). The van der Waals surface area contributed by atoms with Gasteiger partial charge in [-0.25, -0.2) is 0 Å². The average Bonchev–Trinajstić information content (AvgIpc) is 2.54. The lowest BCUT2D eigenvalue weighted by atomic mass is 10.1. The second-order valence-corrected chi connectivity index (χ2v) is 4.71. The maximum absolute atomic E-state index is 10.8. The summed E-state index contributed by atoms with van der Waals surface area (Å²) in [6.45, 7) is 1.93. The molecule has 2 aromatic carbocycles. The molecule has 0 saturated heterocycles. The molecule has 0 unspecified atom stereocenters. The highest BCUT2D eigenvalue weighted by atomic mass is 16.6. The number of ether oxygens (including phenoxy) is 1. The summed E-state index contributed by atoms with van der Waals surface area (Å²) in [5.41, 5.74) is 1.61. The van der Waals surface area contributed by atoms with E-state index in [1.807, 2.05) is 37.3 Å². The van der Waals surface area contributed by atoms with Gasteiger partial charge in [0.25, 0.3) is 5.69 Å². The summed E-state index contributed by atoms with van der Waals surface area (Å²) in [5.74, 6) is 0.739. The Morgan fingerprint density at radius 1 is 1.32 bits per heavy atom. The number of nitrogens with one attached hydrogen (secondary N) is 1. The molecule has 22 heavy (non-hydrogen) atoms. The number of non-ortho nitro benzene ring substituents is 1. The van der Waals surface area contributed by atoms with Gasteiger partial charge in [0.05, 0.1) is 29.3 Å². The van der Waals surface area contributed by atoms with Crippen molar-refractivity contribution < 1.29 is 9.66 Å². The van der Waals surface area contributed by atoms with Crippen LogP contribution >= 0.6 is 0 Å². The van der Waals surface area contributed by atoms with Crippen molar-refractivity contribution in [2.24, 2.45) is 0 Å². The van der Waals surface area contributed by atoms with Gasteiger partial charge < -0.3 is 10.1 Å². The van der Waals surface area contributed by atoms with Gasteiger partial charge in [0, 0.05) is 17.7 Å². The van der Waals surface area contributed by atoms with Crippen LogP contribution in [0.15, 0.2) is 42.5 Å². The molecule has 0 aliphatic heterocycles. The quantitative estimate of drug-likeness (QED) is 0.672. The van der Waals surface area contributed by atoms with Gasteiger partial charge >= 0.3 is 0 Å². The van der Waals surface area contributed by atoms with E-state index in [4.69, 9.17) is 4.74 Å². The second-order valence-electron chi connectivity index (χ2n) is 4.71. The van der Waals surface area contributed by atoms with Crippen molar-refractivity contribution in [3.63, 3.8) is 0 Å². The molecule has 0 aliphatic rings. The Morgan fingerprint density at radius 2 is 2.05 bits per heavy atom. The molecule has 6 nitrogen and oxygen atoms in total. The molecule has 112 valence electrons. The zero-order valence-corrected chi connectivity index (χ0v) is 12.2. The maximum atomic E-state index is 10.8. The number of nitro benzene ring substituents is 1. The van der Waals surface area contributed by atoms with E-state index in [0.717, 1.165) is 11.3 Å². The van der Waals surface area contributed by atoms with E-state index in [1.54, 1.807) is 13.2 Å². The Bertz CT molecular complexity index is 738. The molecule has 1 N–H and O–H groups in total. The van der Waals surface area contributed by atoms with Crippen LogP contribution in [-0.4, -0.2) is 12.0 Å². The first kappa shape index (κ1) is 15.3. The van der Waals surface area contributed by atoms with E-state index < -0.39 is 4.92 Å². The molecule has 0 amide bonds. The second kappa shape index (κ2) is 6.59. The summed E-state index contributed by atoms with van der Waals surface area (Å²) in [6, 6.07) is 13.6. The number of nitrogens with zero attached hydrogens (tertiary/aromatic N) is 2. The van der Waals surface area contributed by atoms with Gasteiger partial charge in [-0.05, 0) is 19.1 Å². The first-order chi connectivity index (χ1) is 10.6. The van der Waals surface area contributed by atoms with Crippen LogP contribution in [0.3, 0.4) is 0 Å². The Morgan fingerprint density at radius 3 is 2.68 bits per heavy atom. The van der Waals surface area contributed by atoms with Crippen LogP contribution in [-0.2, 0) is 0 Å². The number of hydrogen-bond acceptors (Lipinski definition) is 5. The Hall–Kier alpha value is -3.07. The van der Waals surface area contributed by atoms with Crippen LogP contribution in [0.4, 0.5) is 11.4 Å².